The van der Waals surface area contributed by atoms with E-state index in [1.807, 2.05) is 0 Å². The summed E-state index contributed by atoms with van der Waals surface area (Å²) >= 11 is 0. The second-order valence-electron chi connectivity index (χ2n) is 10.4. The van der Waals surface area contributed by atoms with Crippen LogP contribution in [0.4, 0.5) is 0 Å². The van der Waals surface area contributed by atoms with E-state index >= 15 is 0 Å². The summed E-state index contributed by atoms with van der Waals surface area (Å²) in [5, 5.41) is 20.9. The summed E-state index contributed by atoms with van der Waals surface area (Å²) in [4.78, 5) is 12.0. The molecule has 4 saturated carbocycles. The van der Waals surface area contributed by atoms with Gasteiger partial charge in [0.2, 0.25) is 0 Å². The fourth-order valence-corrected chi connectivity index (χ4v) is 8.12. The van der Waals surface area contributed by atoms with Crippen molar-refractivity contribution in [1.29, 1.82) is 0 Å². The molecule has 4 aliphatic rings. The minimum Gasteiger partial charge on any atom is -0.396 e. The maximum absolute atomic E-state index is 12.0. The van der Waals surface area contributed by atoms with E-state index in [0.29, 0.717) is 47.7 Å². The molecule has 0 spiro atoms. The highest BCUT2D eigenvalue weighted by Gasteiger charge is 2.62. The fourth-order valence-electron chi connectivity index (χ4n) is 8.12. The zero-order valence-corrected chi connectivity index (χ0v) is 16.2. The molecule has 25 heavy (non-hydrogen) atoms. The van der Waals surface area contributed by atoms with Gasteiger partial charge in [-0.1, -0.05) is 20.8 Å². The van der Waals surface area contributed by atoms with Crippen molar-refractivity contribution in [1.82, 2.24) is 0 Å². The average Bonchev–Trinajstić information content (AvgIpc) is 2.93. The Morgan fingerprint density at radius 1 is 1.12 bits per heavy atom. The van der Waals surface area contributed by atoms with Gasteiger partial charge in [0.25, 0.3) is 0 Å². The first-order valence-corrected chi connectivity index (χ1v) is 10.6. The van der Waals surface area contributed by atoms with Gasteiger partial charge in [-0.2, -0.15) is 0 Å². The maximum atomic E-state index is 12.0. The third-order valence-corrected chi connectivity index (χ3v) is 9.55. The van der Waals surface area contributed by atoms with Crippen molar-refractivity contribution in [3.05, 3.63) is 0 Å². The fraction of sp³-hybridized carbons (Fsp3) is 0.955. The number of hydrogen-bond donors (Lipinski definition) is 2. The van der Waals surface area contributed by atoms with Gasteiger partial charge >= 0.3 is 0 Å². The Hall–Kier alpha value is -0.410. The van der Waals surface area contributed by atoms with Gasteiger partial charge in [-0.15, -0.1) is 0 Å². The van der Waals surface area contributed by atoms with Crippen molar-refractivity contribution in [2.75, 3.05) is 6.61 Å². The average molecular weight is 349 g/mol. The highest BCUT2D eigenvalue weighted by molar-refractivity contribution is 5.79. The molecule has 0 aromatic heterocycles. The molecule has 0 saturated heterocycles. The summed E-state index contributed by atoms with van der Waals surface area (Å²) < 4.78 is 0. The number of aliphatic hydroxyl groups excluding tert-OH is 2. The molecule has 142 valence electrons. The van der Waals surface area contributed by atoms with Gasteiger partial charge < -0.3 is 10.2 Å². The lowest BCUT2D eigenvalue weighted by Gasteiger charge is -2.61. The summed E-state index contributed by atoms with van der Waals surface area (Å²) in [5.74, 6) is 3.33. The van der Waals surface area contributed by atoms with Crippen molar-refractivity contribution >= 4 is 5.78 Å². The maximum Gasteiger partial charge on any atom is 0.133 e. The number of rotatable bonds is 2. The van der Waals surface area contributed by atoms with E-state index in [1.54, 1.807) is 0 Å². The topological polar surface area (TPSA) is 57.5 Å². The molecule has 0 aliphatic heterocycles. The van der Waals surface area contributed by atoms with E-state index in [4.69, 9.17) is 0 Å². The number of aliphatic hydroxyl groups is 2. The number of carbonyl (C=O) groups is 1. The molecule has 0 aromatic carbocycles. The van der Waals surface area contributed by atoms with Gasteiger partial charge in [0.15, 0.2) is 0 Å². The Kier molecular flexibility index (Phi) is 4.35. The first-order valence-electron chi connectivity index (χ1n) is 10.6. The van der Waals surface area contributed by atoms with Gasteiger partial charge in [0.05, 0.1) is 6.10 Å². The van der Waals surface area contributed by atoms with Crippen LogP contribution in [0.1, 0.15) is 72.1 Å². The largest absolute Gasteiger partial charge is 0.396 e. The van der Waals surface area contributed by atoms with Gasteiger partial charge in [0.1, 0.15) is 5.78 Å². The standard InChI is InChI=1S/C22H36O3/c1-13(12-23)16-4-5-17-20-18(7-9-22(16,17)3)21(2)8-6-15(24)10-14(21)11-19(20)25/h13-14,16-20,23,25H,4-12H2,1-3H3/t13?,14?,16-,17+,18+,19-,20+,21+,22-/m1/s1. The molecule has 0 amide bonds. The van der Waals surface area contributed by atoms with Crippen LogP contribution in [0.2, 0.25) is 0 Å². The Morgan fingerprint density at radius 3 is 2.56 bits per heavy atom. The van der Waals surface area contributed by atoms with Gasteiger partial charge in [-0.05, 0) is 84.9 Å². The van der Waals surface area contributed by atoms with E-state index in [0.717, 1.165) is 19.3 Å². The van der Waals surface area contributed by atoms with Crippen LogP contribution in [0.3, 0.4) is 0 Å². The molecule has 3 heteroatoms. The number of hydrogen-bond acceptors (Lipinski definition) is 3. The van der Waals surface area contributed by atoms with Crippen LogP contribution in [-0.4, -0.2) is 28.7 Å². The van der Waals surface area contributed by atoms with Crippen LogP contribution in [0.25, 0.3) is 0 Å². The van der Waals surface area contributed by atoms with Crippen LogP contribution < -0.4 is 0 Å². The summed E-state index contributed by atoms with van der Waals surface area (Å²) in [7, 11) is 0. The lowest BCUT2D eigenvalue weighted by atomic mass is 9.44. The Bertz CT molecular complexity index is 545. The van der Waals surface area contributed by atoms with E-state index < -0.39 is 0 Å². The zero-order chi connectivity index (χ0) is 18.0. The zero-order valence-electron chi connectivity index (χ0n) is 16.2. The van der Waals surface area contributed by atoms with Crippen LogP contribution in [0.15, 0.2) is 0 Å². The SMILES string of the molecule is CC(CO)[C@H]1CC[C@H]2[C@@H]3[C@H](O)CC4CC(=O)CC[C@]4(C)[C@H]3CC[C@]12C. The molecule has 4 fully saturated rings. The number of fused-ring (bicyclic) bond motifs is 5. The normalized spacial score (nSPS) is 53.7. The predicted molar refractivity (Wildman–Crippen MR) is 97.9 cm³/mol. The predicted octanol–water partition coefficient (Wildman–Crippen LogP) is 3.81. The molecule has 3 nitrogen and oxygen atoms in total. The molecule has 0 bridgehead atoms. The van der Waals surface area contributed by atoms with Crippen molar-refractivity contribution in [3.63, 3.8) is 0 Å². The second-order valence-corrected chi connectivity index (χ2v) is 10.4. The summed E-state index contributed by atoms with van der Waals surface area (Å²) in [5.41, 5.74) is 0.526. The number of Topliss-reactive ketones (excluding diaryl/α,β-unsaturated/α-hetero) is 1. The van der Waals surface area contributed by atoms with Crippen LogP contribution in [0, 0.1) is 46.3 Å². The highest BCUT2D eigenvalue weighted by Crippen LogP contribution is 2.67. The van der Waals surface area contributed by atoms with Crippen LogP contribution in [0.5, 0.6) is 0 Å². The van der Waals surface area contributed by atoms with Crippen LogP contribution in [-0.2, 0) is 4.79 Å². The molecule has 4 rings (SSSR count). The van der Waals surface area contributed by atoms with Gasteiger partial charge in [-0.25, -0.2) is 0 Å². The monoisotopic (exact) mass is 348 g/mol. The van der Waals surface area contributed by atoms with E-state index in [1.165, 1.54) is 25.7 Å². The van der Waals surface area contributed by atoms with Crippen molar-refractivity contribution < 1.29 is 15.0 Å². The molecule has 9 atom stereocenters. The lowest BCUT2D eigenvalue weighted by molar-refractivity contribution is -0.169. The van der Waals surface area contributed by atoms with Gasteiger partial charge in [0, 0.05) is 19.4 Å². The lowest BCUT2D eigenvalue weighted by Crippen LogP contribution is -2.58. The van der Waals surface area contributed by atoms with Gasteiger partial charge in [-0.3, -0.25) is 4.79 Å². The Balaban J connectivity index is 1.64. The molecule has 0 radical (unpaired) electrons. The molecular weight excluding hydrogens is 312 g/mol. The molecule has 4 aliphatic carbocycles. The molecule has 2 unspecified atom stereocenters. The molecule has 0 aromatic rings. The Morgan fingerprint density at radius 2 is 1.84 bits per heavy atom. The summed E-state index contributed by atoms with van der Waals surface area (Å²) in [6.07, 6.45) is 7.92. The van der Waals surface area contributed by atoms with Crippen LogP contribution >= 0.6 is 0 Å². The van der Waals surface area contributed by atoms with Crippen molar-refractivity contribution in [2.24, 2.45) is 46.3 Å². The number of ketones is 1. The Labute approximate surface area is 152 Å². The molecule has 0 heterocycles. The first-order chi connectivity index (χ1) is 11.8. The van der Waals surface area contributed by atoms with E-state index in [2.05, 4.69) is 20.8 Å². The third-order valence-electron chi connectivity index (χ3n) is 9.55. The highest BCUT2D eigenvalue weighted by atomic mass is 16.3. The van der Waals surface area contributed by atoms with Crippen molar-refractivity contribution in [2.45, 2.75) is 78.2 Å². The molecular formula is C22H36O3. The summed E-state index contributed by atoms with van der Waals surface area (Å²) in [6.45, 7) is 7.36. The van der Waals surface area contributed by atoms with E-state index in [-0.39, 0.29) is 23.5 Å². The molecule has 2 N–H and O–H groups in total. The van der Waals surface area contributed by atoms with Crippen molar-refractivity contribution in [3.8, 4) is 0 Å². The minimum absolute atomic E-state index is 0.234. The smallest absolute Gasteiger partial charge is 0.133 e. The second kappa shape index (κ2) is 6.05. The summed E-state index contributed by atoms with van der Waals surface area (Å²) in [6, 6.07) is 0. The number of carbonyl (C=O) groups excluding carboxylic acids is 1. The first kappa shape index (κ1) is 18.0. The minimum atomic E-state index is -0.234. The van der Waals surface area contributed by atoms with E-state index in [9.17, 15) is 15.0 Å². The quantitative estimate of drug-likeness (QED) is 0.798. The third kappa shape index (κ3) is 2.48.